The Morgan fingerprint density at radius 3 is 2.61 bits per heavy atom. The lowest BCUT2D eigenvalue weighted by molar-refractivity contribution is -0.0192. The van der Waals surface area contributed by atoms with Crippen molar-refractivity contribution >= 4 is 17.6 Å². The molecule has 5 nitrogen and oxygen atoms in total. The molecule has 0 aliphatic heterocycles. The maximum absolute atomic E-state index is 11.0. The summed E-state index contributed by atoms with van der Waals surface area (Å²) in [5.74, 6) is -0.834. The summed E-state index contributed by atoms with van der Waals surface area (Å²) >= 11 is 5.74. The van der Waals surface area contributed by atoms with Gasteiger partial charge in [0.1, 0.15) is 6.10 Å². The van der Waals surface area contributed by atoms with Crippen LogP contribution in [0.15, 0.2) is 6.20 Å². The second kappa shape index (κ2) is 5.63. The quantitative estimate of drug-likeness (QED) is 0.912. The zero-order chi connectivity index (χ0) is 13.9. The van der Waals surface area contributed by atoms with Crippen LogP contribution in [0, 0.1) is 5.41 Å². The van der Waals surface area contributed by atoms with Gasteiger partial charge in [0.25, 0.3) is 0 Å². The summed E-state index contributed by atoms with van der Waals surface area (Å²) in [5.41, 5.74) is -0.435. The van der Waals surface area contributed by atoms with Crippen molar-refractivity contribution in [2.24, 2.45) is 5.41 Å². The molecule has 0 aromatic carbocycles. The van der Waals surface area contributed by atoms with E-state index in [9.17, 15) is 4.79 Å². The van der Waals surface area contributed by atoms with Crippen molar-refractivity contribution in [1.82, 2.24) is 9.97 Å². The molecule has 6 heteroatoms. The topological polar surface area (TPSA) is 72.3 Å². The minimum absolute atomic E-state index is 0.0235. The van der Waals surface area contributed by atoms with Crippen LogP contribution in [0.4, 0.5) is 0 Å². The lowest BCUT2D eigenvalue weighted by atomic mass is 9.88. The fourth-order valence-electron chi connectivity index (χ4n) is 1.54. The van der Waals surface area contributed by atoms with Gasteiger partial charge in [-0.25, -0.2) is 14.8 Å². The number of rotatable bonds is 4. The molecular formula is C12H17ClN2O3. The Morgan fingerprint density at radius 2 is 2.17 bits per heavy atom. The molecule has 1 aromatic rings. The predicted molar refractivity (Wildman–Crippen MR) is 67.8 cm³/mol. The van der Waals surface area contributed by atoms with E-state index in [1.165, 1.54) is 6.20 Å². The molecule has 0 spiro atoms. The Morgan fingerprint density at radius 1 is 1.56 bits per heavy atom. The number of carboxylic acid groups (broad SMARTS) is 1. The third-order valence-corrected chi connectivity index (χ3v) is 2.60. The standard InChI is InChI=1S/C12H17ClN2O3/c1-5-18-9(12(2,3)4)10-14-6-7(13)8(15-10)11(16)17/h6,9H,5H2,1-4H3,(H,16,17). The molecule has 0 fully saturated rings. The molecule has 1 rings (SSSR count). The number of ether oxygens (including phenoxy) is 1. The Kier molecular flexibility index (Phi) is 4.65. The van der Waals surface area contributed by atoms with Crippen molar-refractivity contribution < 1.29 is 14.6 Å². The molecule has 1 N–H and O–H groups in total. The van der Waals surface area contributed by atoms with Gasteiger partial charge in [0.2, 0.25) is 0 Å². The van der Waals surface area contributed by atoms with Crippen LogP contribution in [-0.2, 0) is 4.74 Å². The third kappa shape index (κ3) is 3.40. The molecular weight excluding hydrogens is 256 g/mol. The lowest BCUT2D eigenvalue weighted by Crippen LogP contribution is -2.24. The Balaban J connectivity index is 3.21. The Hall–Kier alpha value is -1.20. The number of aromatic carboxylic acids is 1. The van der Waals surface area contributed by atoms with Gasteiger partial charge in [-0.05, 0) is 12.3 Å². The van der Waals surface area contributed by atoms with Crippen molar-refractivity contribution in [2.45, 2.75) is 33.8 Å². The van der Waals surface area contributed by atoms with Crippen LogP contribution in [0.5, 0.6) is 0 Å². The van der Waals surface area contributed by atoms with Gasteiger partial charge < -0.3 is 9.84 Å². The highest BCUT2D eigenvalue weighted by atomic mass is 35.5. The Bertz CT molecular complexity index is 443. The molecule has 1 atom stereocenters. The first-order valence-electron chi connectivity index (χ1n) is 5.64. The largest absolute Gasteiger partial charge is 0.476 e. The van der Waals surface area contributed by atoms with E-state index in [1.54, 1.807) is 0 Å². The van der Waals surface area contributed by atoms with Gasteiger partial charge in [-0.1, -0.05) is 32.4 Å². The van der Waals surface area contributed by atoms with E-state index < -0.39 is 5.97 Å². The van der Waals surface area contributed by atoms with Crippen molar-refractivity contribution in [3.8, 4) is 0 Å². The van der Waals surface area contributed by atoms with E-state index in [0.29, 0.717) is 12.4 Å². The molecule has 0 bridgehead atoms. The van der Waals surface area contributed by atoms with Crippen LogP contribution >= 0.6 is 11.6 Å². The van der Waals surface area contributed by atoms with Crippen molar-refractivity contribution in [1.29, 1.82) is 0 Å². The normalized spacial score (nSPS) is 13.4. The average Bonchev–Trinajstić information content (AvgIpc) is 2.25. The average molecular weight is 273 g/mol. The highest BCUT2D eigenvalue weighted by Gasteiger charge is 2.30. The van der Waals surface area contributed by atoms with E-state index in [4.69, 9.17) is 21.4 Å². The first kappa shape index (κ1) is 14.9. The molecule has 0 amide bonds. The van der Waals surface area contributed by atoms with Gasteiger partial charge in [-0.2, -0.15) is 0 Å². The molecule has 0 aliphatic rings. The molecule has 0 saturated heterocycles. The first-order valence-corrected chi connectivity index (χ1v) is 6.02. The zero-order valence-electron chi connectivity index (χ0n) is 10.9. The minimum atomic E-state index is -1.17. The number of aromatic nitrogens is 2. The fourth-order valence-corrected chi connectivity index (χ4v) is 1.71. The lowest BCUT2D eigenvalue weighted by Gasteiger charge is -2.29. The van der Waals surface area contributed by atoms with E-state index >= 15 is 0 Å². The maximum atomic E-state index is 11.0. The molecule has 1 aromatic heterocycles. The second-order valence-electron chi connectivity index (χ2n) is 4.93. The van der Waals surface area contributed by atoms with Crippen LogP contribution in [-0.4, -0.2) is 27.7 Å². The smallest absolute Gasteiger partial charge is 0.356 e. The minimum Gasteiger partial charge on any atom is -0.476 e. The van der Waals surface area contributed by atoms with Crippen molar-refractivity contribution in [2.75, 3.05) is 6.61 Å². The second-order valence-corrected chi connectivity index (χ2v) is 5.34. The first-order chi connectivity index (χ1) is 8.27. The maximum Gasteiger partial charge on any atom is 0.356 e. The van der Waals surface area contributed by atoms with Gasteiger partial charge in [0.15, 0.2) is 11.5 Å². The van der Waals surface area contributed by atoms with Gasteiger partial charge in [-0.3, -0.25) is 0 Å². The number of carbonyl (C=O) groups is 1. The summed E-state index contributed by atoms with van der Waals surface area (Å²) in [6.45, 7) is 8.30. The summed E-state index contributed by atoms with van der Waals surface area (Å²) < 4.78 is 5.61. The molecule has 0 aliphatic carbocycles. The molecule has 0 radical (unpaired) electrons. The number of hydrogen-bond acceptors (Lipinski definition) is 4. The van der Waals surface area contributed by atoms with E-state index in [0.717, 1.165) is 0 Å². The number of nitrogens with zero attached hydrogens (tertiary/aromatic N) is 2. The van der Waals surface area contributed by atoms with E-state index in [-0.39, 0.29) is 22.2 Å². The molecule has 0 saturated carbocycles. The molecule has 18 heavy (non-hydrogen) atoms. The fraction of sp³-hybridized carbons (Fsp3) is 0.583. The van der Waals surface area contributed by atoms with Crippen LogP contribution < -0.4 is 0 Å². The SMILES string of the molecule is CCOC(c1ncc(Cl)c(C(=O)O)n1)C(C)(C)C. The molecule has 100 valence electrons. The van der Waals surface area contributed by atoms with Gasteiger partial charge in [0.05, 0.1) is 11.2 Å². The molecule has 1 unspecified atom stereocenters. The van der Waals surface area contributed by atoms with Crippen molar-refractivity contribution in [3.63, 3.8) is 0 Å². The number of hydrogen-bond donors (Lipinski definition) is 1. The summed E-state index contributed by atoms with van der Waals surface area (Å²) in [4.78, 5) is 19.1. The van der Waals surface area contributed by atoms with Gasteiger partial charge in [-0.15, -0.1) is 0 Å². The van der Waals surface area contributed by atoms with E-state index in [2.05, 4.69) is 9.97 Å². The summed E-state index contributed by atoms with van der Waals surface area (Å²) in [7, 11) is 0. The third-order valence-electron chi connectivity index (χ3n) is 2.32. The highest BCUT2D eigenvalue weighted by Crippen LogP contribution is 2.34. The molecule has 1 heterocycles. The van der Waals surface area contributed by atoms with Gasteiger partial charge in [0, 0.05) is 6.61 Å². The van der Waals surface area contributed by atoms with Gasteiger partial charge >= 0.3 is 5.97 Å². The van der Waals surface area contributed by atoms with Crippen LogP contribution in [0.3, 0.4) is 0 Å². The highest BCUT2D eigenvalue weighted by molar-refractivity contribution is 6.33. The van der Waals surface area contributed by atoms with Crippen molar-refractivity contribution in [3.05, 3.63) is 22.7 Å². The van der Waals surface area contributed by atoms with Crippen LogP contribution in [0.1, 0.15) is 50.1 Å². The Labute approximate surface area is 111 Å². The predicted octanol–water partition coefficient (Wildman–Crippen LogP) is 2.95. The van der Waals surface area contributed by atoms with E-state index in [1.807, 2.05) is 27.7 Å². The summed E-state index contributed by atoms with van der Waals surface area (Å²) in [6, 6.07) is 0. The number of halogens is 1. The zero-order valence-corrected chi connectivity index (χ0v) is 11.7. The monoisotopic (exact) mass is 272 g/mol. The van der Waals surface area contributed by atoms with Crippen LogP contribution in [0.25, 0.3) is 0 Å². The summed E-state index contributed by atoms with van der Waals surface area (Å²) in [6.07, 6.45) is 0.920. The summed E-state index contributed by atoms with van der Waals surface area (Å²) in [5, 5.41) is 9.01. The number of carboxylic acids is 1. The van der Waals surface area contributed by atoms with Crippen LogP contribution in [0.2, 0.25) is 5.02 Å².